The molecular formula is C22H16ClN7OS. The Kier molecular flexibility index (Phi) is 5.57. The van der Waals surface area contributed by atoms with Crippen LogP contribution >= 0.6 is 23.4 Å². The predicted molar refractivity (Wildman–Crippen MR) is 124 cm³/mol. The maximum Gasteiger partial charge on any atom is 0.234 e. The quantitative estimate of drug-likeness (QED) is 0.378. The van der Waals surface area contributed by atoms with Gasteiger partial charge >= 0.3 is 0 Å². The molecule has 10 heteroatoms. The maximum absolute atomic E-state index is 12.4. The predicted octanol–water partition coefficient (Wildman–Crippen LogP) is 4.36. The first kappa shape index (κ1) is 20.2. The van der Waals surface area contributed by atoms with Gasteiger partial charge in [-0.25, -0.2) is 9.97 Å². The summed E-state index contributed by atoms with van der Waals surface area (Å²) in [7, 11) is 0. The number of anilines is 1. The zero-order chi connectivity index (χ0) is 21.9. The molecule has 0 atom stereocenters. The summed E-state index contributed by atoms with van der Waals surface area (Å²) in [6, 6.07) is 16.8. The van der Waals surface area contributed by atoms with E-state index in [1.54, 1.807) is 23.2 Å². The molecule has 0 unspecified atom stereocenters. The van der Waals surface area contributed by atoms with Crippen molar-refractivity contribution in [3.05, 3.63) is 84.5 Å². The summed E-state index contributed by atoms with van der Waals surface area (Å²) in [5.41, 5.74) is 3.30. The van der Waals surface area contributed by atoms with Gasteiger partial charge in [-0.2, -0.15) is 0 Å². The molecule has 32 heavy (non-hydrogen) atoms. The molecule has 5 aromatic rings. The first-order chi connectivity index (χ1) is 15.7. The minimum Gasteiger partial charge on any atom is -0.325 e. The number of carbonyl (C=O) groups excluding carboxylic acids is 1. The molecule has 0 aliphatic carbocycles. The molecule has 0 saturated carbocycles. The van der Waals surface area contributed by atoms with Crippen LogP contribution in [0.15, 0.2) is 84.7 Å². The van der Waals surface area contributed by atoms with E-state index in [9.17, 15) is 4.79 Å². The van der Waals surface area contributed by atoms with Crippen LogP contribution in [0.3, 0.4) is 0 Å². The highest BCUT2D eigenvalue weighted by Gasteiger charge is 2.11. The van der Waals surface area contributed by atoms with Crippen LogP contribution in [0.25, 0.3) is 22.7 Å². The molecule has 3 heterocycles. The third kappa shape index (κ3) is 4.34. The zero-order valence-electron chi connectivity index (χ0n) is 16.6. The summed E-state index contributed by atoms with van der Waals surface area (Å²) in [6.45, 7) is 0. The van der Waals surface area contributed by atoms with Gasteiger partial charge in [0.1, 0.15) is 6.33 Å². The monoisotopic (exact) mass is 461 g/mol. The van der Waals surface area contributed by atoms with Crippen molar-refractivity contribution in [2.24, 2.45) is 0 Å². The average Bonchev–Trinajstić information content (AvgIpc) is 3.45. The lowest BCUT2D eigenvalue weighted by Gasteiger charge is -2.08. The van der Waals surface area contributed by atoms with Gasteiger partial charge in [-0.15, -0.1) is 10.2 Å². The van der Waals surface area contributed by atoms with Crippen LogP contribution < -0.4 is 5.32 Å². The van der Waals surface area contributed by atoms with Crippen molar-refractivity contribution < 1.29 is 4.79 Å². The topological polar surface area (TPSA) is 90.0 Å². The molecule has 0 aliphatic rings. The van der Waals surface area contributed by atoms with E-state index in [0.717, 1.165) is 16.9 Å². The Labute approximate surface area is 192 Å². The number of imidazole rings is 1. The Hall–Kier alpha value is -3.69. The lowest BCUT2D eigenvalue weighted by molar-refractivity contribution is -0.113. The number of thioether (sulfide) groups is 1. The molecule has 5 rings (SSSR count). The van der Waals surface area contributed by atoms with E-state index in [-0.39, 0.29) is 11.7 Å². The van der Waals surface area contributed by atoms with Gasteiger partial charge < -0.3 is 5.32 Å². The Morgan fingerprint density at radius 1 is 1.12 bits per heavy atom. The zero-order valence-corrected chi connectivity index (χ0v) is 18.2. The molecule has 0 bridgehead atoms. The minimum absolute atomic E-state index is 0.139. The van der Waals surface area contributed by atoms with Crippen molar-refractivity contribution in [3.8, 4) is 16.9 Å². The molecular weight excluding hydrogens is 446 g/mol. The summed E-state index contributed by atoms with van der Waals surface area (Å²) in [5, 5.41) is 12.2. The highest BCUT2D eigenvalue weighted by Crippen LogP contribution is 2.23. The number of aromatic nitrogens is 6. The van der Waals surface area contributed by atoms with Crippen molar-refractivity contribution in [1.29, 1.82) is 0 Å². The summed E-state index contributed by atoms with van der Waals surface area (Å²) < 4.78 is 3.66. The van der Waals surface area contributed by atoms with Gasteiger partial charge in [0.25, 0.3) is 0 Å². The second kappa shape index (κ2) is 8.81. The Morgan fingerprint density at radius 2 is 2.00 bits per heavy atom. The number of halogens is 1. The fourth-order valence-electron chi connectivity index (χ4n) is 3.15. The summed E-state index contributed by atoms with van der Waals surface area (Å²) in [4.78, 5) is 21.2. The van der Waals surface area contributed by atoms with E-state index in [1.807, 2.05) is 65.3 Å². The number of amides is 1. The molecule has 0 spiro atoms. The van der Waals surface area contributed by atoms with Gasteiger partial charge in [0.2, 0.25) is 11.7 Å². The molecule has 0 radical (unpaired) electrons. The molecule has 0 aliphatic heterocycles. The van der Waals surface area contributed by atoms with Crippen molar-refractivity contribution in [2.45, 2.75) is 5.16 Å². The molecule has 0 saturated heterocycles. The van der Waals surface area contributed by atoms with Crippen molar-refractivity contribution in [3.63, 3.8) is 0 Å². The maximum atomic E-state index is 12.4. The van der Waals surface area contributed by atoms with Crippen LogP contribution in [0.1, 0.15) is 0 Å². The lowest BCUT2D eigenvalue weighted by atomic mass is 10.1. The van der Waals surface area contributed by atoms with E-state index in [2.05, 4.69) is 25.5 Å². The molecule has 1 amide bonds. The summed E-state index contributed by atoms with van der Waals surface area (Å²) >= 11 is 7.37. The van der Waals surface area contributed by atoms with Crippen LogP contribution in [0.2, 0.25) is 5.02 Å². The van der Waals surface area contributed by atoms with Gasteiger partial charge in [-0.1, -0.05) is 41.6 Å². The molecule has 1 N–H and O–H groups in total. The number of hydrogen-bond donors (Lipinski definition) is 1. The van der Waals surface area contributed by atoms with Crippen molar-refractivity contribution in [2.75, 3.05) is 11.1 Å². The van der Waals surface area contributed by atoms with E-state index >= 15 is 0 Å². The van der Waals surface area contributed by atoms with E-state index in [4.69, 9.17) is 11.6 Å². The van der Waals surface area contributed by atoms with Gasteiger partial charge in [-0.05, 0) is 36.4 Å². The summed E-state index contributed by atoms with van der Waals surface area (Å²) in [6.07, 6.45) is 7.13. The van der Waals surface area contributed by atoms with Crippen LogP contribution in [-0.2, 0) is 4.79 Å². The number of benzene rings is 2. The van der Waals surface area contributed by atoms with E-state index < -0.39 is 0 Å². The smallest absolute Gasteiger partial charge is 0.234 e. The van der Waals surface area contributed by atoms with Gasteiger partial charge in [-0.3, -0.25) is 13.8 Å². The SMILES string of the molecule is O=C(CSc1nncn1-c1cccc(Cl)c1)Nc1ccc(-c2cn3cccnc3n2)cc1. The number of nitrogens with one attached hydrogen (secondary N) is 1. The highest BCUT2D eigenvalue weighted by atomic mass is 35.5. The Bertz CT molecular complexity index is 1360. The third-order valence-electron chi connectivity index (χ3n) is 4.64. The second-order valence-corrected chi connectivity index (χ2v) is 8.21. The fraction of sp³-hybridized carbons (Fsp3) is 0.0455. The molecule has 0 fully saturated rings. The lowest BCUT2D eigenvalue weighted by Crippen LogP contribution is -2.14. The molecule has 158 valence electrons. The first-order valence-electron chi connectivity index (χ1n) is 9.64. The van der Waals surface area contributed by atoms with Crippen LogP contribution in [0, 0.1) is 0 Å². The fourth-order valence-corrected chi connectivity index (χ4v) is 4.06. The first-order valence-corrected chi connectivity index (χ1v) is 11.0. The third-order valence-corrected chi connectivity index (χ3v) is 5.81. The Morgan fingerprint density at radius 3 is 2.81 bits per heavy atom. The Balaban J connectivity index is 1.22. The van der Waals surface area contributed by atoms with Gasteiger partial charge in [0.05, 0.1) is 17.1 Å². The van der Waals surface area contributed by atoms with Gasteiger partial charge in [0.15, 0.2) is 5.16 Å². The number of fused-ring (bicyclic) bond motifs is 1. The molecule has 2 aromatic carbocycles. The van der Waals surface area contributed by atoms with E-state index in [1.165, 1.54) is 11.8 Å². The average molecular weight is 462 g/mol. The largest absolute Gasteiger partial charge is 0.325 e. The van der Waals surface area contributed by atoms with Crippen molar-refractivity contribution >= 4 is 40.7 Å². The number of hydrogen-bond acceptors (Lipinski definition) is 6. The van der Waals surface area contributed by atoms with Crippen LogP contribution in [-0.4, -0.2) is 40.8 Å². The highest BCUT2D eigenvalue weighted by molar-refractivity contribution is 7.99. The normalized spacial score (nSPS) is 11.0. The second-order valence-electron chi connectivity index (χ2n) is 6.83. The molecule has 8 nitrogen and oxygen atoms in total. The number of carbonyl (C=O) groups is 1. The van der Waals surface area contributed by atoms with Crippen LogP contribution in [0.4, 0.5) is 5.69 Å². The minimum atomic E-state index is -0.139. The summed E-state index contributed by atoms with van der Waals surface area (Å²) in [5.74, 6) is 0.696. The number of rotatable bonds is 6. The van der Waals surface area contributed by atoms with E-state index in [0.29, 0.717) is 21.6 Å². The standard InChI is InChI=1S/C22H16ClN7OS/c23-16-3-1-4-18(11-16)30-14-25-28-22(30)32-13-20(31)26-17-7-5-15(6-8-17)19-12-29-10-2-9-24-21(29)27-19/h1-12,14H,13H2,(H,26,31). The van der Waals surface area contributed by atoms with Gasteiger partial charge in [0, 0.05) is 34.9 Å². The van der Waals surface area contributed by atoms with Crippen molar-refractivity contribution in [1.82, 2.24) is 29.1 Å². The molecule has 3 aromatic heterocycles. The number of nitrogens with zero attached hydrogens (tertiary/aromatic N) is 6. The van der Waals surface area contributed by atoms with Crippen LogP contribution in [0.5, 0.6) is 0 Å².